The van der Waals surface area contributed by atoms with Crippen molar-refractivity contribution >= 4 is 46.8 Å². The molecule has 0 saturated carbocycles. The zero-order valence-corrected chi connectivity index (χ0v) is 22.8. The van der Waals surface area contributed by atoms with Gasteiger partial charge in [0, 0.05) is 37.0 Å². The second-order valence-corrected chi connectivity index (χ2v) is 8.59. The molecule has 2 N–H and O–H groups in total. The first kappa shape index (κ1) is 29.7. The molecule has 0 atom stereocenters. The Morgan fingerprint density at radius 2 is 1.51 bits per heavy atom. The van der Waals surface area contributed by atoms with Crippen molar-refractivity contribution in [3.63, 3.8) is 0 Å². The van der Waals surface area contributed by atoms with Crippen LogP contribution in [-0.2, 0) is 0 Å². The lowest BCUT2D eigenvalue weighted by atomic mass is 10.2. The minimum Gasteiger partial charge on any atom is -0.450 e. The fraction of sp³-hybridized carbons (Fsp3) is 0.154. The van der Waals surface area contributed by atoms with Gasteiger partial charge in [0.15, 0.2) is 0 Å². The summed E-state index contributed by atoms with van der Waals surface area (Å²) in [6, 6.07) is 15.4. The van der Waals surface area contributed by atoms with Crippen LogP contribution >= 0.6 is 0 Å². The van der Waals surface area contributed by atoms with Gasteiger partial charge in [-0.2, -0.15) is 20.1 Å². The molecule has 0 amide bonds. The van der Waals surface area contributed by atoms with Crippen molar-refractivity contribution in [2.75, 3.05) is 28.7 Å². The van der Waals surface area contributed by atoms with Crippen molar-refractivity contribution in [1.29, 1.82) is 0 Å². The molecule has 0 radical (unpaired) electrons. The van der Waals surface area contributed by atoms with Crippen molar-refractivity contribution in [1.82, 2.24) is 15.0 Å². The van der Waals surface area contributed by atoms with E-state index in [4.69, 9.17) is 4.74 Å². The number of benzene rings is 3. The van der Waals surface area contributed by atoms with Gasteiger partial charge in [-0.1, -0.05) is 12.1 Å². The van der Waals surface area contributed by atoms with E-state index in [-0.39, 0.29) is 29.1 Å². The minimum atomic E-state index is -0.760. The summed E-state index contributed by atoms with van der Waals surface area (Å²) in [6.45, 7) is 5.14. The molecule has 0 aliphatic rings. The van der Waals surface area contributed by atoms with Crippen LogP contribution in [0.4, 0.5) is 40.6 Å². The van der Waals surface area contributed by atoms with Crippen molar-refractivity contribution in [3.05, 3.63) is 103 Å². The van der Waals surface area contributed by atoms with Gasteiger partial charge in [-0.25, -0.2) is 5.43 Å². The highest BCUT2D eigenvalue weighted by Crippen LogP contribution is 2.34. The Morgan fingerprint density at radius 3 is 2.16 bits per heavy atom. The molecule has 0 aliphatic heterocycles. The minimum absolute atomic E-state index is 0.0536. The van der Waals surface area contributed by atoms with E-state index in [1.165, 1.54) is 30.5 Å². The molecule has 0 aliphatic carbocycles. The highest BCUT2D eigenvalue weighted by molar-refractivity contribution is 5.80. The summed E-state index contributed by atoms with van der Waals surface area (Å²) >= 11 is 0. The Morgan fingerprint density at radius 1 is 0.837 bits per heavy atom. The first-order chi connectivity index (χ1) is 20.7. The van der Waals surface area contributed by atoms with Crippen molar-refractivity contribution in [3.8, 4) is 11.5 Å². The van der Waals surface area contributed by atoms with Gasteiger partial charge in [0.2, 0.25) is 23.6 Å². The van der Waals surface area contributed by atoms with E-state index >= 15 is 0 Å². The summed E-state index contributed by atoms with van der Waals surface area (Å²) in [5.74, 6) is 0.752. The lowest BCUT2D eigenvalue weighted by molar-refractivity contribution is -0.394. The lowest BCUT2D eigenvalue weighted by Gasteiger charge is -2.19. The van der Waals surface area contributed by atoms with Crippen LogP contribution in [0.2, 0.25) is 0 Å². The molecule has 4 rings (SSSR count). The third-order valence-electron chi connectivity index (χ3n) is 5.82. The maximum atomic E-state index is 11.4. The van der Waals surface area contributed by atoms with Gasteiger partial charge in [0.25, 0.3) is 11.4 Å². The van der Waals surface area contributed by atoms with Crippen LogP contribution in [0.1, 0.15) is 19.4 Å². The molecule has 220 valence electrons. The fourth-order valence-corrected chi connectivity index (χ4v) is 3.71. The largest absolute Gasteiger partial charge is 0.450 e. The van der Waals surface area contributed by atoms with Gasteiger partial charge < -0.3 is 15.0 Å². The van der Waals surface area contributed by atoms with Gasteiger partial charge in [0.05, 0.1) is 27.1 Å². The highest BCUT2D eigenvalue weighted by Gasteiger charge is 2.21. The first-order valence-electron chi connectivity index (χ1n) is 12.7. The Labute approximate surface area is 243 Å². The Hall–Kier alpha value is -6.26. The number of hydrogen-bond donors (Lipinski definition) is 2. The number of nitro benzene ring substituents is 3. The van der Waals surface area contributed by atoms with Crippen LogP contribution in [0.15, 0.2) is 71.8 Å². The smallest absolute Gasteiger partial charge is 0.318 e. The molecular weight excluding hydrogens is 564 g/mol. The zero-order chi connectivity index (χ0) is 30.9. The Balaban J connectivity index is 1.53. The number of non-ortho nitro benzene ring substituents is 2. The number of nitrogens with zero attached hydrogens (tertiary/aromatic N) is 8. The normalized spacial score (nSPS) is 10.7. The van der Waals surface area contributed by atoms with Crippen molar-refractivity contribution in [2.24, 2.45) is 5.10 Å². The van der Waals surface area contributed by atoms with Crippen molar-refractivity contribution in [2.45, 2.75) is 13.8 Å². The van der Waals surface area contributed by atoms with E-state index in [0.717, 1.165) is 18.2 Å². The molecule has 0 bridgehead atoms. The molecule has 0 saturated heterocycles. The van der Waals surface area contributed by atoms with E-state index in [1.807, 2.05) is 18.7 Å². The Bertz CT molecular complexity index is 1680. The number of ether oxygens (including phenoxy) is 1. The highest BCUT2D eigenvalue weighted by atomic mass is 16.6. The number of rotatable bonds is 13. The topological polar surface area (TPSA) is 217 Å². The number of nitro groups is 3. The van der Waals surface area contributed by atoms with E-state index in [0.29, 0.717) is 30.3 Å². The molecular formula is C26H24N10O7. The predicted molar refractivity (Wildman–Crippen MR) is 157 cm³/mol. The summed E-state index contributed by atoms with van der Waals surface area (Å²) in [6.07, 6.45) is 1.45. The van der Waals surface area contributed by atoms with Crippen LogP contribution in [0.3, 0.4) is 0 Å². The second kappa shape index (κ2) is 13.4. The fourth-order valence-electron chi connectivity index (χ4n) is 3.71. The van der Waals surface area contributed by atoms with Gasteiger partial charge in [-0.3, -0.25) is 30.3 Å². The monoisotopic (exact) mass is 588 g/mol. The molecule has 1 aromatic heterocycles. The standard InChI is InChI=1S/C26H24N10O7/c1-3-33(4-2)26-30-24(28-18-8-10-19(11-9-18)34(37)38)29-25(31-26)32-27-16-17-6-5-7-21(14-17)43-23-13-12-20(35(39)40)15-22(23)36(41)42/h5-16H,3-4H2,1-2H3,(H2,28,29,30,31,32)/b27-16+. The number of aromatic nitrogens is 3. The summed E-state index contributed by atoms with van der Waals surface area (Å²) in [5, 5.41) is 40.6. The summed E-state index contributed by atoms with van der Waals surface area (Å²) in [7, 11) is 0. The SMILES string of the molecule is CCN(CC)c1nc(N/N=C/c2cccc(Oc3ccc([N+](=O)[O-])cc3[N+](=O)[O-])c2)nc(Nc2ccc([N+](=O)[O-])cc2)n1. The number of hydrazone groups is 1. The molecule has 4 aromatic rings. The molecule has 0 fully saturated rings. The maximum absolute atomic E-state index is 11.4. The molecule has 0 spiro atoms. The molecule has 43 heavy (non-hydrogen) atoms. The van der Waals surface area contributed by atoms with Crippen LogP contribution in [0, 0.1) is 30.3 Å². The van der Waals surface area contributed by atoms with Gasteiger partial charge in [-0.05, 0) is 49.7 Å². The van der Waals surface area contributed by atoms with E-state index in [2.05, 4.69) is 30.8 Å². The average molecular weight is 589 g/mol. The third-order valence-corrected chi connectivity index (χ3v) is 5.82. The van der Waals surface area contributed by atoms with E-state index in [1.54, 1.807) is 24.3 Å². The van der Waals surface area contributed by atoms with Gasteiger partial charge in [0.1, 0.15) is 5.75 Å². The molecule has 17 heteroatoms. The number of nitrogens with one attached hydrogen (secondary N) is 2. The Kier molecular flexibility index (Phi) is 9.26. The maximum Gasteiger partial charge on any atom is 0.318 e. The first-order valence-corrected chi connectivity index (χ1v) is 12.7. The predicted octanol–water partition coefficient (Wildman–Crippen LogP) is 5.42. The van der Waals surface area contributed by atoms with Crippen LogP contribution in [0.25, 0.3) is 0 Å². The zero-order valence-electron chi connectivity index (χ0n) is 22.8. The molecule has 0 unspecified atom stereocenters. The average Bonchev–Trinajstić information content (AvgIpc) is 2.98. The lowest BCUT2D eigenvalue weighted by Crippen LogP contribution is -2.25. The van der Waals surface area contributed by atoms with Gasteiger partial charge in [-0.15, -0.1) is 0 Å². The molecule has 1 heterocycles. The number of hydrogen-bond acceptors (Lipinski definition) is 14. The van der Waals surface area contributed by atoms with Crippen LogP contribution in [0.5, 0.6) is 11.5 Å². The van der Waals surface area contributed by atoms with Crippen LogP contribution in [-0.4, -0.2) is 49.0 Å². The van der Waals surface area contributed by atoms with Crippen molar-refractivity contribution < 1.29 is 19.5 Å². The molecule has 17 nitrogen and oxygen atoms in total. The second-order valence-electron chi connectivity index (χ2n) is 8.59. The molecule has 3 aromatic carbocycles. The summed E-state index contributed by atoms with van der Waals surface area (Å²) in [5.41, 5.74) is 2.80. The number of anilines is 4. The van der Waals surface area contributed by atoms with Gasteiger partial charge >= 0.3 is 5.69 Å². The van der Waals surface area contributed by atoms with E-state index < -0.39 is 26.1 Å². The third kappa shape index (κ3) is 7.69. The summed E-state index contributed by atoms with van der Waals surface area (Å²) < 4.78 is 5.64. The van der Waals surface area contributed by atoms with Crippen LogP contribution < -0.4 is 20.4 Å². The quantitative estimate of drug-likeness (QED) is 0.113. The van der Waals surface area contributed by atoms with E-state index in [9.17, 15) is 30.3 Å². The summed E-state index contributed by atoms with van der Waals surface area (Å²) in [4.78, 5) is 46.5.